The third-order valence-electron chi connectivity index (χ3n) is 4.12. The fraction of sp³-hybridized carbons (Fsp3) is 0.333. The molecule has 112 valence electrons. The van der Waals surface area contributed by atoms with Crippen molar-refractivity contribution in [1.29, 1.82) is 0 Å². The van der Waals surface area contributed by atoms with E-state index < -0.39 is 0 Å². The molecule has 0 amide bonds. The van der Waals surface area contributed by atoms with Gasteiger partial charge in [-0.25, -0.2) is 4.39 Å². The predicted octanol–water partition coefficient (Wildman–Crippen LogP) is 6.60. The maximum Gasteiger partial charge on any atom is 0.137 e. The first kappa shape index (κ1) is 16.5. The fourth-order valence-electron chi connectivity index (χ4n) is 2.20. The van der Waals surface area contributed by atoms with Crippen LogP contribution in [0.15, 0.2) is 46.9 Å². The SMILES string of the molecule is CCC(C)(C)c1ccc(C(Cl)c2cccc(F)c2Br)cc1. The molecule has 0 saturated carbocycles. The van der Waals surface area contributed by atoms with E-state index in [1.807, 2.05) is 18.2 Å². The van der Waals surface area contributed by atoms with Crippen molar-refractivity contribution >= 4 is 27.5 Å². The second kappa shape index (κ2) is 6.50. The molecule has 0 fully saturated rings. The van der Waals surface area contributed by atoms with Gasteiger partial charge < -0.3 is 0 Å². The predicted molar refractivity (Wildman–Crippen MR) is 91.6 cm³/mol. The summed E-state index contributed by atoms with van der Waals surface area (Å²) in [6, 6.07) is 13.2. The summed E-state index contributed by atoms with van der Waals surface area (Å²) in [6.07, 6.45) is 1.08. The van der Waals surface area contributed by atoms with E-state index in [0.29, 0.717) is 4.47 Å². The van der Waals surface area contributed by atoms with Crippen LogP contribution in [0, 0.1) is 5.82 Å². The molecule has 0 aromatic heterocycles. The zero-order chi connectivity index (χ0) is 15.6. The second-order valence-electron chi connectivity index (χ2n) is 5.87. The lowest BCUT2D eigenvalue weighted by Crippen LogP contribution is -2.15. The quantitative estimate of drug-likeness (QED) is 0.532. The molecule has 0 heterocycles. The molecule has 2 rings (SSSR count). The smallest absolute Gasteiger partial charge is 0.137 e. The van der Waals surface area contributed by atoms with E-state index in [9.17, 15) is 4.39 Å². The van der Waals surface area contributed by atoms with Crippen LogP contribution in [0.4, 0.5) is 4.39 Å². The highest BCUT2D eigenvalue weighted by Gasteiger charge is 2.20. The molecule has 1 unspecified atom stereocenters. The summed E-state index contributed by atoms with van der Waals surface area (Å²) in [5.74, 6) is -0.290. The van der Waals surface area contributed by atoms with Crippen molar-refractivity contribution in [1.82, 2.24) is 0 Å². The molecule has 0 saturated heterocycles. The highest BCUT2D eigenvalue weighted by Crippen LogP contribution is 2.36. The second-order valence-corrected chi connectivity index (χ2v) is 7.09. The molecule has 2 aromatic rings. The van der Waals surface area contributed by atoms with Crippen molar-refractivity contribution in [2.45, 2.75) is 38.0 Å². The largest absolute Gasteiger partial charge is 0.206 e. The minimum absolute atomic E-state index is 0.153. The van der Waals surface area contributed by atoms with Crippen LogP contribution >= 0.6 is 27.5 Å². The lowest BCUT2D eigenvalue weighted by atomic mass is 9.82. The first-order valence-corrected chi connectivity index (χ1v) is 8.28. The van der Waals surface area contributed by atoms with E-state index >= 15 is 0 Å². The monoisotopic (exact) mass is 368 g/mol. The van der Waals surface area contributed by atoms with Gasteiger partial charge >= 0.3 is 0 Å². The lowest BCUT2D eigenvalue weighted by molar-refractivity contribution is 0.506. The summed E-state index contributed by atoms with van der Waals surface area (Å²) in [5.41, 5.74) is 3.16. The van der Waals surface area contributed by atoms with Gasteiger partial charge in [-0.15, -0.1) is 11.6 Å². The molecular formula is C18H19BrClF. The Labute approximate surface area is 139 Å². The van der Waals surface area contributed by atoms with Crippen molar-refractivity contribution in [3.05, 3.63) is 69.4 Å². The van der Waals surface area contributed by atoms with Crippen molar-refractivity contribution in [3.8, 4) is 0 Å². The minimum Gasteiger partial charge on any atom is -0.206 e. The van der Waals surface area contributed by atoms with Crippen LogP contribution in [-0.4, -0.2) is 0 Å². The third kappa shape index (κ3) is 3.49. The summed E-state index contributed by atoms with van der Waals surface area (Å²) < 4.78 is 14.0. The summed E-state index contributed by atoms with van der Waals surface area (Å²) in [5, 5.41) is -0.367. The van der Waals surface area contributed by atoms with Gasteiger partial charge in [-0.2, -0.15) is 0 Å². The Kier molecular flexibility index (Phi) is 5.11. The average Bonchev–Trinajstić information content (AvgIpc) is 2.49. The molecule has 1 atom stereocenters. The fourth-order valence-corrected chi connectivity index (χ4v) is 3.16. The molecule has 0 radical (unpaired) electrons. The summed E-state index contributed by atoms with van der Waals surface area (Å²) in [7, 11) is 0. The number of hydrogen-bond acceptors (Lipinski definition) is 0. The number of halogens is 3. The van der Waals surface area contributed by atoms with Gasteiger partial charge in [-0.05, 0) is 50.5 Å². The van der Waals surface area contributed by atoms with Gasteiger partial charge in [0.1, 0.15) is 5.82 Å². The van der Waals surface area contributed by atoms with Crippen molar-refractivity contribution in [2.75, 3.05) is 0 Å². The van der Waals surface area contributed by atoms with Crippen LogP contribution in [0.5, 0.6) is 0 Å². The summed E-state index contributed by atoms with van der Waals surface area (Å²) in [4.78, 5) is 0. The van der Waals surface area contributed by atoms with Gasteiger partial charge in [-0.1, -0.05) is 57.2 Å². The molecule has 0 N–H and O–H groups in total. The zero-order valence-corrected chi connectivity index (χ0v) is 14.8. The van der Waals surface area contributed by atoms with Gasteiger partial charge in [-0.3, -0.25) is 0 Å². The highest BCUT2D eigenvalue weighted by molar-refractivity contribution is 9.10. The first-order valence-electron chi connectivity index (χ1n) is 7.05. The van der Waals surface area contributed by atoms with E-state index in [-0.39, 0.29) is 16.6 Å². The summed E-state index contributed by atoms with van der Waals surface area (Å²) in [6.45, 7) is 6.63. The first-order chi connectivity index (χ1) is 9.86. The van der Waals surface area contributed by atoms with E-state index in [1.165, 1.54) is 11.6 Å². The normalized spacial score (nSPS) is 13.2. The average molecular weight is 370 g/mol. The molecule has 0 nitrogen and oxygen atoms in total. The summed E-state index contributed by atoms with van der Waals surface area (Å²) >= 11 is 9.79. The van der Waals surface area contributed by atoms with Crippen molar-refractivity contribution in [2.24, 2.45) is 0 Å². The molecule has 0 bridgehead atoms. The van der Waals surface area contributed by atoms with Crippen LogP contribution < -0.4 is 0 Å². The van der Waals surface area contributed by atoms with Gasteiger partial charge in [0.05, 0.1) is 9.85 Å². The Morgan fingerprint density at radius 3 is 2.33 bits per heavy atom. The number of hydrogen-bond donors (Lipinski definition) is 0. The number of alkyl halides is 1. The minimum atomic E-state index is -0.367. The van der Waals surface area contributed by atoms with Crippen LogP contribution in [0.3, 0.4) is 0 Å². The van der Waals surface area contributed by atoms with Gasteiger partial charge in [0, 0.05) is 0 Å². The Balaban J connectivity index is 2.32. The van der Waals surface area contributed by atoms with Crippen molar-refractivity contribution < 1.29 is 4.39 Å². The highest BCUT2D eigenvalue weighted by atomic mass is 79.9. The molecule has 0 aliphatic carbocycles. The third-order valence-corrected chi connectivity index (χ3v) is 5.45. The van der Waals surface area contributed by atoms with E-state index in [1.54, 1.807) is 6.07 Å². The maximum atomic E-state index is 13.6. The maximum absolute atomic E-state index is 13.6. The van der Waals surface area contributed by atoms with Crippen molar-refractivity contribution in [3.63, 3.8) is 0 Å². The van der Waals surface area contributed by atoms with Gasteiger partial charge in [0.25, 0.3) is 0 Å². The molecule has 2 aromatic carbocycles. The van der Waals surface area contributed by atoms with Crippen LogP contribution in [0.25, 0.3) is 0 Å². The van der Waals surface area contributed by atoms with Crippen LogP contribution in [-0.2, 0) is 5.41 Å². The Morgan fingerprint density at radius 2 is 1.76 bits per heavy atom. The topological polar surface area (TPSA) is 0 Å². The molecule has 3 heteroatoms. The molecule has 21 heavy (non-hydrogen) atoms. The standard InChI is InChI=1S/C18H19BrClF/c1-4-18(2,3)13-10-8-12(9-11-13)17(20)14-6-5-7-15(21)16(14)19/h5-11,17H,4H2,1-3H3. The molecule has 0 aliphatic heterocycles. The Hall–Kier alpha value is -0.860. The molecule has 0 aliphatic rings. The lowest BCUT2D eigenvalue weighted by Gasteiger charge is -2.24. The van der Waals surface area contributed by atoms with Gasteiger partial charge in [0.15, 0.2) is 0 Å². The van der Waals surface area contributed by atoms with E-state index in [4.69, 9.17) is 11.6 Å². The Bertz CT molecular complexity index is 620. The van der Waals surface area contributed by atoms with Gasteiger partial charge in [0.2, 0.25) is 0 Å². The number of benzene rings is 2. The Morgan fingerprint density at radius 1 is 1.14 bits per heavy atom. The van der Waals surface area contributed by atoms with E-state index in [2.05, 4.69) is 48.8 Å². The van der Waals surface area contributed by atoms with Crippen LogP contribution in [0.1, 0.15) is 49.3 Å². The zero-order valence-electron chi connectivity index (χ0n) is 12.5. The van der Waals surface area contributed by atoms with Crippen LogP contribution in [0.2, 0.25) is 0 Å². The molecular weight excluding hydrogens is 351 g/mol. The number of rotatable bonds is 4. The molecule has 0 spiro atoms. The van der Waals surface area contributed by atoms with E-state index in [0.717, 1.165) is 17.5 Å².